The molecule has 2 saturated carbocycles. The van der Waals surface area contributed by atoms with E-state index < -0.39 is 17.5 Å². The van der Waals surface area contributed by atoms with Gasteiger partial charge >= 0.3 is 0 Å². The minimum Gasteiger partial charge on any atom is -0.204 e. The molecule has 0 aromatic heterocycles. The monoisotopic (exact) mass is 388 g/mol. The van der Waals surface area contributed by atoms with E-state index in [9.17, 15) is 13.2 Å². The molecular weight excluding hydrogens is 357 g/mol. The second-order valence-corrected chi connectivity index (χ2v) is 8.63. The van der Waals surface area contributed by atoms with Gasteiger partial charge in [-0.15, -0.1) is 0 Å². The highest BCUT2D eigenvalue weighted by Crippen LogP contribution is 2.42. The second kappa shape index (κ2) is 10.2. The molecule has 0 amide bonds. The predicted molar refractivity (Wildman–Crippen MR) is 108 cm³/mol. The number of hydrogen-bond donors (Lipinski definition) is 0. The minimum absolute atomic E-state index is 0.156. The average Bonchev–Trinajstić information content (AvgIpc) is 2.71. The Bertz CT molecular complexity index is 701. The summed E-state index contributed by atoms with van der Waals surface area (Å²) in [5.41, 5.74) is 0.156. The molecule has 0 unspecified atom stereocenters. The van der Waals surface area contributed by atoms with Gasteiger partial charge in [0.2, 0.25) is 0 Å². The lowest BCUT2D eigenvalue weighted by Gasteiger charge is -2.37. The van der Waals surface area contributed by atoms with Gasteiger partial charge < -0.3 is 0 Å². The van der Waals surface area contributed by atoms with Crippen LogP contribution in [0.4, 0.5) is 13.2 Å². The SMILES string of the molecule is CCC[C@H]1CC[C@H]([C@H]2CC[C@H](C=CC#Cc3cc(F)c(F)c(F)c3)CC2)CC1. The molecule has 0 spiro atoms. The van der Waals surface area contributed by atoms with Crippen LogP contribution in [0.3, 0.4) is 0 Å². The number of rotatable bonds is 4. The third-order valence-corrected chi connectivity index (χ3v) is 6.72. The van der Waals surface area contributed by atoms with Gasteiger partial charge in [-0.2, -0.15) is 0 Å². The number of halogens is 3. The molecule has 28 heavy (non-hydrogen) atoms. The Hall–Kier alpha value is -1.69. The Labute approximate surface area is 167 Å². The first-order chi connectivity index (χ1) is 13.6. The molecule has 3 rings (SSSR count). The summed E-state index contributed by atoms with van der Waals surface area (Å²) in [6, 6.07) is 1.86. The summed E-state index contributed by atoms with van der Waals surface area (Å²) >= 11 is 0. The number of hydrogen-bond acceptors (Lipinski definition) is 0. The quantitative estimate of drug-likeness (QED) is 0.372. The Morgan fingerprint density at radius 1 is 0.893 bits per heavy atom. The van der Waals surface area contributed by atoms with E-state index in [1.807, 2.05) is 0 Å². The van der Waals surface area contributed by atoms with Crippen LogP contribution in [0, 0.1) is 53.0 Å². The van der Waals surface area contributed by atoms with E-state index in [0.29, 0.717) is 5.92 Å². The van der Waals surface area contributed by atoms with Gasteiger partial charge in [0.1, 0.15) is 0 Å². The van der Waals surface area contributed by atoms with Crippen LogP contribution in [-0.4, -0.2) is 0 Å². The zero-order valence-electron chi connectivity index (χ0n) is 16.8. The lowest BCUT2D eigenvalue weighted by molar-refractivity contribution is 0.152. The number of benzene rings is 1. The Morgan fingerprint density at radius 3 is 2.04 bits per heavy atom. The molecule has 0 atom stereocenters. The molecule has 0 heterocycles. The van der Waals surface area contributed by atoms with Crippen molar-refractivity contribution in [3.05, 3.63) is 47.3 Å². The maximum Gasteiger partial charge on any atom is 0.194 e. The van der Waals surface area contributed by atoms with E-state index in [4.69, 9.17) is 0 Å². The van der Waals surface area contributed by atoms with Crippen LogP contribution < -0.4 is 0 Å². The molecule has 2 aliphatic rings. The summed E-state index contributed by atoms with van der Waals surface area (Å²) in [5.74, 6) is 5.01. The van der Waals surface area contributed by atoms with Crippen molar-refractivity contribution in [2.45, 2.75) is 71.1 Å². The van der Waals surface area contributed by atoms with E-state index in [1.54, 1.807) is 6.08 Å². The second-order valence-electron chi connectivity index (χ2n) is 8.63. The standard InChI is InChI=1S/C25H31F3/c1-2-5-18-8-12-21(13-9-18)22-14-10-19(11-15-22)6-3-4-7-20-16-23(26)25(28)24(27)17-20/h3,6,16-19,21-22H,2,5,8-15H2,1H3/t18-,19-,21-,22-. The fourth-order valence-corrected chi connectivity index (χ4v) is 5.10. The minimum atomic E-state index is -1.45. The summed E-state index contributed by atoms with van der Waals surface area (Å²) < 4.78 is 39.3. The summed E-state index contributed by atoms with van der Waals surface area (Å²) in [6.07, 6.45) is 17.4. The van der Waals surface area contributed by atoms with Crippen molar-refractivity contribution in [1.82, 2.24) is 0 Å². The largest absolute Gasteiger partial charge is 0.204 e. The fourth-order valence-electron chi connectivity index (χ4n) is 5.10. The maximum absolute atomic E-state index is 13.2. The molecule has 0 N–H and O–H groups in total. The smallest absolute Gasteiger partial charge is 0.194 e. The molecule has 0 saturated heterocycles. The van der Waals surface area contributed by atoms with Crippen LogP contribution in [0.1, 0.15) is 76.7 Å². The average molecular weight is 389 g/mol. The van der Waals surface area contributed by atoms with Crippen molar-refractivity contribution in [2.24, 2.45) is 23.7 Å². The number of allylic oxidation sites excluding steroid dienone is 2. The molecule has 0 radical (unpaired) electrons. The zero-order valence-corrected chi connectivity index (χ0v) is 16.8. The Kier molecular flexibility index (Phi) is 7.65. The first-order valence-corrected chi connectivity index (χ1v) is 10.9. The van der Waals surface area contributed by atoms with Crippen molar-refractivity contribution in [3.8, 4) is 11.8 Å². The van der Waals surface area contributed by atoms with Crippen LogP contribution in [0.25, 0.3) is 0 Å². The van der Waals surface area contributed by atoms with E-state index in [1.165, 1.54) is 64.2 Å². The third-order valence-electron chi connectivity index (χ3n) is 6.72. The van der Waals surface area contributed by atoms with Crippen LogP contribution >= 0.6 is 0 Å². The van der Waals surface area contributed by atoms with Gasteiger partial charge in [0.25, 0.3) is 0 Å². The highest BCUT2D eigenvalue weighted by molar-refractivity contribution is 5.37. The van der Waals surface area contributed by atoms with Gasteiger partial charge in [0.15, 0.2) is 17.5 Å². The first kappa shape index (κ1) is 21.0. The van der Waals surface area contributed by atoms with Crippen LogP contribution in [0.5, 0.6) is 0 Å². The van der Waals surface area contributed by atoms with Crippen LogP contribution in [0.15, 0.2) is 24.3 Å². The highest BCUT2D eigenvalue weighted by Gasteiger charge is 2.29. The van der Waals surface area contributed by atoms with Gasteiger partial charge in [0, 0.05) is 5.56 Å². The maximum atomic E-state index is 13.2. The lowest BCUT2D eigenvalue weighted by Crippen LogP contribution is -2.25. The fraction of sp³-hybridized carbons (Fsp3) is 0.600. The zero-order chi connectivity index (χ0) is 19.9. The molecule has 1 aromatic rings. The van der Waals surface area contributed by atoms with Gasteiger partial charge in [-0.1, -0.05) is 50.5 Å². The molecular formula is C25H31F3. The van der Waals surface area contributed by atoms with Crippen molar-refractivity contribution in [1.29, 1.82) is 0 Å². The van der Waals surface area contributed by atoms with Gasteiger partial charge in [0.05, 0.1) is 0 Å². The summed E-state index contributed by atoms with van der Waals surface area (Å²) in [5, 5.41) is 0. The van der Waals surface area contributed by atoms with Crippen molar-refractivity contribution in [3.63, 3.8) is 0 Å². The molecule has 2 fully saturated rings. The first-order valence-electron chi connectivity index (χ1n) is 10.9. The van der Waals surface area contributed by atoms with Crippen molar-refractivity contribution >= 4 is 0 Å². The topological polar surface area (TPSA) is 0 Å². The van der Waals surface area contributed by atoms with Crippen LogP contribution in [-0.2, 0) is 0 Å². The molecule has 3 heteroatoms. The van der Waals surface area contributed by atoms with E-state index in [2.05, 4.69) is 24.8 Å². The molecule has 2 aliphatic carbocycles. The normalized spacial score (nSPS) is 28.1. The summed E-state index contributed by atoms with van der Waals surface area (Å²) in [7, 11) is 0. The Morgan fingerprint density at radius 2 is 1.46 bits per heavy atom. The van der Waals surface area contributed by atoms with Gasteiger partial charge in [-0.3, -0.25) is 0 Å². The predicted octanol–water partition coefficient (Wildman–Crippen LogP) is 7.42. The summed E-state index contributed by atoms with van der Waals surface area (Å²) in [6.45, 7) is 2.29. The van der Waals surface area contributed by atoms with Crippen molar-refractivity contribution in [2.75, 3.05) is 0 Å². The Balaban J connectivity index is 1.44. The molecule has 0 nitrogen and oxygen atoms in total. The summed E-state index contributed by atoms with van der Waals surface area (Å²) in [4.78, 5) is 0. The molecule has 1 aromatic carbocycles. The van der Waals surface area contributed by atoms with E-state index in [-0.39, 0.29) is 5.56 Å². The van der Waals surface area contributed by atoms with Gasteiger partial charge in [-0.25, -0.2) is 13.2 Å². The highest BCUT2D eigenvalue weighted by atomic mass is 19.2. The van der Waals surface area contributed by atoms with Crippen molar-refractivity contribution < 1.29 is 13.2 Å². The van der Waals surface area contributed by atoms with E-state index in [0.717, 1.165) is 29.9 Å². The molecule has 152 valence electrons. The molecule has 0 aliphatic heterocycles. The third kappa shape index (κ3) is 5.66. The van der Waals surface area contributed by atoms with Crippen LogP contribution in [0.2, 0.25) is 0 Å². The van der Waals surface area contributed by atoms with Gasteiger partial charge in [-0.05, 0) is 80.4 Å². The van der Waals surface area contributed by atoms with E-state index >= 15 is 0 Å². The lowest BCUT2D eigenvalue weighted by atomic mass is 9.69. The molecule has 0 bridgehead atoms.